The van der Waals surface area contributed by atoms with Crippen molar-refractivity contribution in [2.45, 2.75) is 33.7 Å². The monoisotopic (exact) mass is 314 g/mol. The van der Waals surface area contributed by atoms with Crippen LogP contribution in [0.3, 0.4) is 0 Å². The zero-order valence-electron chi connectivity index (χ0n) is 13.8. The molecule has 6 nitrogen and oxygen atoms in total. The number of carbonyl (C=O) groups excluding carboxylic acids is 1. The van der Waals surface area contributed by atoms with Gasteiger partial charge in [0.15, 0.2) is 0 Å². The van der Waals surface area contributed by atoms with Crippen molar-refractivity contribution in [2.24, 2.45) is 5.41 Å². The predicted octanol–water partition coefficient (Wildman–Crippen LogP) is 2.93. The summed E-state index contributed by atoms with van der Waals surface area (Å²) in [5.74, 6) is 0.336. The Kier molecular flexibility index (Phi) is 4.83. The minimum atomic E-state index is -0.570. The van der Waals surface area contributed by atoms with Crippen LogP contribution in [0.1, 0.15) is 39.3 Å². The molecule has 23 heavy (non-hydrogen) atoms. The Morgan fingerprint density at radius 1 is 1.22 bits per heavy atom. The smallest absolute Gasteiger partial charge is 0.254 e. The molecule has 0 saturated heterocycles. The maximum absolute atomic E-state index is 12.0. The third-order valence-corrected chi connectivity index (χ3v) is 3.32. The maximum Gasteiger partial charge on any atom is 0.254 e. The van der Waals surface area contributed by atoms with Crippen LogP contribution in [0.5, 0.6) is 0 Å². The van der Waals surface area contributed by atoms with E-state index in [-0.39, 0.29) is 23.5 Å². The molecule has 0 fully saturated rings. The number of nitrogens with zero attached hydrogens (tertiary/aromatic N) is 1. The zero-order valence-corrected chi connectivity index (χ0v) is 13.8. The molecule has 0 unspecified atom stereocenters. The Hall–Kier alpha value is -2.63. The fourth-order valence-corrected chi connectivity index (χ4v) is 1.93. The molecule has 2 rings (SSSR count). The number of amides is 1. The number of carbonyl (C=O) groups is 1. The highest BCUT2D eigenvalue weighted by Crippen LogP contribution is 2.18. The molecule has 1 aromatic heterocycles. The third kappa shape index (κ3) is 4.67. The minimum absolute atomic E-state index is 0.0170. The van der Waals surface area contributed by atoms with Crippen molar-refractivity contribution in [3.05, 3.63) is 52.3 Å². The number of anilines is 2. The highest BCUT2D eigenvalue weighted by Gasteiger charge is 2.22. The molecule has 1 heterocycles. The van der Waals surface area contributed by atoms with Gasteiger partial charge in [-0.2, -0.15) is 4.98 Å². The second kappa shape index (κ2) is 6.64. The summed E-state index contributed by atoms with van der Waals surface area (Å²) < 4.78 is 0. The summed E-state index contributed by atoms with van der Waals surface area (Å²) in [5.41, 5.74) is 0.182. The molecule has 3 N–H and O–H groups in total. The molecule has 6 heteroatoms. The Morgan fingerprint density at radius 3 is 2.48 bits per heavy atom. The standard InChI is InChI=1S/C17H22N4O2/c1-11(12-8-6-5-7-9-12)18-13-10-14(22)20-16(19-13)21-15(23)17(2,3)4/h5-11H,1-4H3,(H3,18,19,20,21,22,23)/t11-/m0/s1. The number of hydrogen-bond donors (Lipinski definition) is 3. The molecular weight excluding hydrogens is 292 g/mol. The lowest BCUT2D eigenvalue weighted by molar-refractivity contribution is -0.123. The largest absolute Gasteiger partial charge is 0.363 e. The van der Waals surface area contributed by atoms with Crippen molar-refractivity contribution in [1.29, 1.82) is 0 Å². The summed E-state index contributed by atoms with van der Waals surface area (Å²) >= 11 is 0. The van der Waals surface area contributed by atoms with Gasteiger partial charge >= 0.3 is 0 Å². The first kappa shape index (κ1) is 16.7. The number of hydrogen-bond acceptors (Lipinski definition) is 4. The topological polar surface area (TPSA) is 86.9 Å². The molecule has 0 radical (unpaired) electrons. The van der Waals surface area contributed by atoms with E-state index >= 15 is 0 Å². The van der Waals surface area contributed by atoms with Crippen LogP contribution >= 0.6 is 0 Å². The third-order valence-electron chi connectivity index (χ3n) is 3.32. The average Bonchev–Trinajstić information content (AvgIpc) is 2.46. The normalized spacial score (nSPS) is 12.5. The first-order valence-electron chi connectivity index (χ1n) is 7.50. The van der Waals surface area contributed by atoms with Gasteiger partial charge in [0.2, 0.25) is 11.9 Å². The maximum atomic E-state index is 12.0. The summed E-state index contributed by atoms with van der Waals surface area (Å²) in [6.07, 6.45) is 0. The van der Waals surface area contributed by atoms with Crippen LogP contribution in [-0.2, 0) is 4.79 Å². The van der Waals surface area contributed by atoms with E-state index < -0.39 is 5.41 Å². The van der Waals surface area contributed by atoms with Crippen molar-refractivity contribution in [3.8, 4) is 0 Å². The van der Waals surface area contributed by atoms with Gasteiger partial charge in [0.05, 0.1) is 0 Å². The molecule has 1 amide bonds. The van der Waals surface area contributed by atoms with Gasteiger partial charge in [0.1, 0.15) is 5.82 Å². The molecule has 0 aliphatic rings. The van der Waals surface area contributed by atoms with E-state index in [4.69, 9.17) is 0 Å². The van der Waals surface area contributed by atoms with E-state index in [0.717, 1.165) is 5.56 Å². The molecule has 0 spiro atoms. The van der Waals surface area contributed by atoms with Gasteiger partial charge in [0.25, 0.3) is 5.56 Å². The summed E-state index contributed by atoms with van der Waals surface area (Å²) in [6, 6.07) is 11.2. The molecular formula is C17H22N4O2. The summed E-state index contributed by atoms with van der Waals surface area (Å²) in [4.78, 5) is 30.6. The number of H-pyrrole nitrogens is 1. The average molecular weight is 314 g/mol. The Balaban J connectivity index is 2.17. The Labute approximate surface area is 135 Å². The molecule has 0 bridgehead atoms. The van der Waals surface area contributed by atoms with Gasteiger partial charge in [-0.05, 0) is 12.5 Å². The molecule has 0 saturated carbocycles. The lowest BCUT2D eigenvalue weighted by Crippen LogP contribution is -2.29. The second-order valence-electron chi connectivity index (χ2n) is 6.46. The minimum Gasteiger partial charge on any atom is -0.363 e. The lowest BCUT2D eigenvalue weighted by atomic mass is 9.96. The fourth-order valence-electron chi connectivity index (χ4n) is 1.93. The van der Waals surface area contributed by atoms with Gasteiger partial charge in [-0.3, -0.25) is 19.9 Å². The molecule has 1 aromatic carbocycles. The quantitative estimate of drug-likeness (QED) is 0.810. The molecule has 122 valence electrons. The van der Waals surface area contributed by atoms with Crippen molar-refractivity contribution < 1.29 is 4.79 Å². The summed E-state index contributed by atoms with van der Waals surface area (Å²) in [5, 5.41) is 5.80. The van der Waals surface area contributed by atoms with Crippen LogP contribution in [0.25, 0.3) is 0 Å². The van der Waals surface area contributed by atoms with Crippen molar-refractivity contribution in [2.75, 3.05) is 10.6 Å². The highest BCUT2D eigenvalue weighted by molar-refractivity contribution is 5.93. The van der Waals surface area contributed by atoms with Gasteiger partial charge in [0, 0.05) is 17.5 Å². The van der Waals surface area contributed by atoms with E-state index in [0.29, 0.717) is 5.82 Å². The lowest BCUT2D eigenvalue weighted by Gasteiger charge is -2.18. The summed E-state index contributed by atoms with van der Waals surface area (Å²) in [6.45, 7) is 7.35. The van der Waals surface area contributed by atoms with E-state index in [1.165, 1.54) is 6.07 Å². The number of aromatic amines is 1. The molecule has 0 aliphatic heterocycles. The van der Waals surface area contributed by atoms with Crippen molar-refractivity contribution in [1.82, 2.24) is 9.97 Å². The van der Waals surface area contributed by atoms with E-state index in [2.05, 4.69) is 20.6 Å². The predicted molar refractivity (Wildman–Crippen MR) is 91.4 cm³/mol. The Morgan fingerprint density at radius 2 is 1.87 bits per heavy atom. The number of aromatic nitrogens is 2. The molecule has 2 aromatic rings. The van der Waals surface area contributed by atoms with Crippen molar-refractivity contribution in [3.63, 3.8) is 0 Å². The van der Waals surface area contributed by atoms with Gasteiger partial charge in [-0.1, -0.05) is 51.1 Å². The van der Waals surface area contributed by atoms with Crippen LogP contribution in [0.2, 0.25) is 0 Å². The van der Waals surface area contributed by atoms with Crippen LogP contribution in [-0.4, -0.2) is 15.9 Å². The van der Waals surface area contributed by atoms with Crippen LogP contribution in [0.4, 0.5) is 11.8 Å². The van der Waals surface area contributed by atoms with Crippen LogP contribution < -0.4 is 16.2 Å². The van der Waals surface area contributed by atoms with E-state index in [9.17, 15) is 9.59 Å². The van der Waals surface area contributed by atoms with Crippen LogP contribution in [0.15, 0.2) is 41.2 Å². The van der Waals surface area contributed by atoms with Gasteiger partial charge in [-0.15, -0.1) is 0 Å². The number of benzene rings is 1. The zero-order chi connectivity index (χ0) is 17.0. The van der Waals surface area contributed by atoms with Gasteiger partial charge in [-0.25, -0.2) is 0 Å². The van der Waals surface area contributed by atoms with Crippen LogP contribution in [0, 0.1) is 5.41 Å². The van der Waals surface area contributed by atoms with E-state index in [1.807, 2.05) is 37.3 Å². The molecule has 0 aliphatic carbocycles. The SMILES string of the molecule is C[C@H](Nc1cc(=O)[nH]c(NC(=O)C(C)(C)C)n1)c1ccccc1. The number of rotatable bonds is 4. The second-order valence-corrected chi connectivity index (χ2v) is 6.46. The van der Waals surface area contributed by atoms with Crippen molar-refractivity contribution >= 4 is 17.7 Å². The Bertz CT molecular complexity index is 732. The fraction of sp³-hybridized carbons (Fsp3) is 0.353. The van der Waals surface area contributed by atoms with E-state index in [1.54, 1.807) is 20.8 Å². The highest BCUT2D eigenvalue weighted by atomic mass is 16.2. The van der Waals surface area contributed by atoms with Gasteiger partial charge < -0.3 is 5.32 Å². The first-order chi connectivity index (χ1) is 10.8. The molecule has 1 atom stereocenters. The number of nitrogens with one attached hydrogen (secondary N) is 3. The summed E-state index contributed by atoms with van der Waals surface area (Å²) in [7, 11) is 0. The first-order valence-corrected chi connectivity index (χ1v) is 7.50.